The van der Waals surface area contributed by atoms with Crippen LogP contribution in [-0.2, 0) is 28.9 Å². The number of carbonyl (C=O) groups excluding carboxylic acids is 6. The van der Waals surface area contributed by atoms with E-state index in [4.69, 9.17) is 20.9 Å². The highest BCUT2D eigenvalue weighted by Gasteiger charge is 2.42. The first-order valence-electron chi connectivity index (χ1n) is 26.0. The van der Waals surface area contributed by atoms with Crippen molar-refractivity contribution in [2.24, 2.45) is 11.5 Å². The van der Waals surface area contributed by atoms with Crippen molar-refractivity contribution in [1.82, 2.24) is 25.9 Å². The van der Waals surface area contributed by atoms with Crippen molar-refractivity contribution < 1.29 is 38.2 Å². The highest BCUT2D eigenvalue weighted by Crippen LogP contribution is 2.39. The summed E-state index contributed by atoms with van der Waals surface area (Å²) in [6.45, 7) is 4.83. The van der Waals surface area contributed by atoms with Crippen molar-refractivity contribution in [3.05, 3.63) is 153 Å². The molecule has 5 heterocycles. The molecule has 2 unspecified atom stereocenters. The SMILES string of the molecule is COCCCCc1cc(C(=O)NC2CC3CCC(C2)N3c2ccc(C(=O)NCc3ccccc3)cn2)ccc1C(N)=O.COCCCCc1cc(C(=O)NC2CCN(c3ccc(C(C)=O)cn3)CC2)ccc1C(N)=O. The smallest absolute Gasteiger partial charge is 0.253 e. The van der Waals surface area contributed by atoms with E-state index in [-0.39, 0.29) is 47.7 Å². The lowest BCUT2D eigenvalue weighted by Gasteiger charge is -2.40. The van der Waals surface area contributed by atoms with Gasteiger partial charge in [0.2, 0.25) is 11.8 Å². The van der Waals surface area contributed by atoms with Crippen molar-refractivity contribution in [3.63, 3.8) is 0 Å². The molecule has 3 aliphatic rings. The summed E-state index contributed by atoms with van der Waals surface area (Å²) in [5.74, 6) is 0.305. The Labute approximate surface area is 439 Å². The number of aryl methyl sites for hydroxylation is 2. The van der Waals surface area contributed by atoms with Gasteiger partial charge < -0.3 is 46.7 Å². The number of methoxy groups -OCH3 is 2. The Balaban J connectivity index is 0.000000226. The lowest BCUT2D eigenvalue weighted by Crippen LogP contribution is -2.50. The van der Waals surface area contributed by atoms with Gasteiger partial charge in [0, 0.05) is 111 Å². The standard InChI is InChI=1S/C33H39N5O4.C25H32N4O4/c1-42-16-6-5-9-23-17-24(10-14-29(23)31(34)39)33(41)37-26-18-27-12-13-28(19-26)38(27)30-15-11-25(21-35-30)32(40)36-20-22-7-3-2-4-8-22;1-17(30)20-7-9-23(27-16-20)29-12-10-21(11-13-29)28-25(32)19-6-8-22(24(26)31)18(15-19)5-3-4-14-33-2/h2-4,7-8,10-11,14-15,17,21,26-28H,5-6,9,12-13,16,18-20H2,1H3,(H2,34,39)(H,36,40)(H,37,41);6-9,15-16,21H,3-5,10-14H2,1-2H3,(H2,26,31)(H,28,32). The third-order valence-electron chi connectivity index (χ3n) is 14.3. The van der Waals surface area contributed by atoms with Crippen LogP contribution in [0.1, 0.15) is 150 Å². The molecule has 3 aromatic carbocycles. The van der Waals surface area contributed by atoms with Gasteiger partial charge in [-0.2, -0.15) is 0 Å². The predicted octanol–water partition coefficient (Wildman–Crippen LogP) is 6.76. The topological polar surface area (TPSA) is 241 Å². The highest BCUT2D eigenvalue weighted by atomic mass is 16.5. The molecule has 0 saturated carbocycles. The van der Waals surface area contributed by atoms with Crippen LogP contribution >= 0.6 is 0 Å². The molecule has 5 amide bonds. The number of amides is 5. The van der Waals surface area contributed by atoms with E-state index < -0.39 is 11.8 Å². The number of unbranched alkanes of at least 4 members (excludes halogenated alkanes) is 2. The molecule has 0 spiro atoms. The average Bonchev–Trinajstić information content (AvgIpc) is 3.69. The van der Waals surface area contributed by atoms with Crippen LogP contribution in [0.5, 0.6) is 0 Å². The number of anilines is 2. The quantitative estimate of drug-likeness (QED) is 0.0357. The summed E-state index contributed by atoms with van der Waals surface area (Å²) in [6.07, 6.45) is 13.3. The predicted molar refractivity (Wildman–Crippen MR) is 288 cm³/mol. The Hall–Kier alpha value is -7.50. The fourth-order valence-electron chi connectivity index (χ4n) is 10.3. The number of primary amides is 2. The second-order valence-electron chi connectivity index (χ2n) is 19.6. The Bertz CT molecular complexity index is 2730. The largest absolute Gasteiger partial charge is 0.385 e. The van der Waals surface area contributed by atoms with Crippen LogP contribution in [0, 0.1) is 0 Å². The molecular formula is C58H71N9O8. The zero-order valence-corrected chi connectivity index (χ0v) is 43.4. The maximum atomic E-state index is 13.2. The average molecular weight is 1020 g/mol. The van der Waals surface area contributed by atoms with Gasteiger partial charge in [0.05, 0.1) is 5.56 Å². The molecule has 75 heavy (non-hydrogen) atoms. The third-order valence-corrected chi connectivity index (χ3v) is 14.3. The van der Waals surface area contributed by atoms with Gasteiger partial charge in [0.15, 0.2) is 5.78 Å². The van der Waals surface area contributed by atoms with E-state index in [0.717, 1.165) is 106 Å². The number of Topliss-reactive ketones (excluding diaryl/α,β-unsaturated/α-hetero) is 1. The van der Waals surface area contributed by atoms with E-state index in [0.29, 0.717) is 66.0 Å². The van der Waals surface area contributed by atoms with Gasteiger partial charge in [0.1, 0.15) is 11.6 Å². The van der Waals surface area contributed by atoms with Crippen LogP contribution in [0.4, 0.5) is 11.6 Å². The fraction of sp³-hybridized carbons (Fsp3) is 0.414. The molecule has 17 nitrogen and oxygen atoms in total. The van der Waals surface area contributed by atoms with Gasteiger partial charge in [-0.1, -0.05) is 30.3 Å². The molecule has 8 rings (SSSR count). The Morgan fingerprint density at radius 1 is 0.587 bits per heavy atom. The molecule has 7 N–H and O–H groups in total. The number of aromatic nitrogens is 2. The molecule has 3 fully saturated rings. The molecule has 2 bridgehead atoms. The maximum absolute atomic E-state index is 13.2. The summed E-state index contributed by atoms with van der Waals surface area (Å²) in [5, 5.41) is 9.30. The highest BCUT2D eigenvalue weighted by molar-refractivity contribution is 6.00. The number of fused-ring (bicyclic) bond motifs is 2. The minimum Gasteiger partial charge on any atom is -0.385 e. The van der Waals surface area contributed by atoms with Gasteiger partial charge in [0.25, 0.3) is 17.7 Å². The van der Waals surface area contributed by atoms with E-state index >= 15 is 0 Å². The molecule has 0 radical (unpaired) electrons. The third kappa shape index (κ3) is 15.3. The van der Waals surface area contributed by atoms with Crippen LogP contribution in [-0.4, -0.2) is 110 Å². The summed E-state index contributed by atoms with van der Waals surface area (Å²) >= 11 is 0. The first-order chi connectivity index (χ1) is 36.3. The van der Waals surface area contributed by atoms with Crippen LogP contribution < -0.4 is 37.2 Å². The Morgan fingerprint density at radius 2 is 1.09 bits per heavy atom. The van der Waals surface area contributed by atoms with Gasteiger partial charge in [-0.05, 0) is 161 Å². The summed E-state index contributed by atoms with van der Waals surface area (Å²) in [5.41, 5.74) is 16.9. The zero-order chi connectivity index (χ0) is 53.3. The number of nitrogens with one attached hydrogen (secondary N) is 3. The molecule has 17 heteroatoms. The molecule has 2 atom stereocenters. The number of ether oxygens (including phenoxy) is 2. The summed E-state index contributed by atoms with van der Waals surface area (Å²) in [6, 6.07) is 28.1. The zero-order valence-electron chi connectivity index (χ0n) is 43.4. The lowest BCUT2D eigenvalue weighted by molar-refractivity contribution is 0.0919. The van der Waals surface area contributed by atoms with Crippen LogP contribution in [0.2, 0.25) is 0 Å². The lowest BCUT2D eigenvalue weighted by atomic mass is 9.95. The van der Waals surface area contributed by atoms with Crippen molar-refractivity contribution in [2.45, 2.75) is 115 Å². The number of pyridine rings is 2. The van der Waals surface area contributed by atoms with Gasteiger partial charge in [-0.25, -0.2) is 9.97 Å². The van der Waals surface area contributed by atoms with Crippen molar-refractivity contribution >= 4 is 47.0 Å². The Morgan fingerprint density at radius 3 is 1.59 bits per heavy atom. The van der Waals surface area contributed by atoms with Gasteiger partial charge in [-0.15, -0.1) is 0 Å². The summed E-state index contributed by atoms with van der Waals surface area (Å²) in [4.78, 5) is 87.4. The monoisotopic (exact) mass is 1020 g/mol. The minimum atomic E-state index is -0.485. The van der Waals surface area contributed by atoms with E-state index in [1.807, 2.05) is 48.5 Å². The van der Waals surface area contributed by atoms with Crippen molar-refractivity contribution in [1.29, 1.82) is 0 Å². The molecule has 396 valence electrons. The fourth-order valence-corrected chi connectivity index (χ4v) is 10.3. The van der Waals surface area contributed by atoms with Crippen LogP contribution in [0.15, 0.2) is 103 Å². The van der Waals surface area contributed by atoms with E-state index in [9.17, 15) is 28.8 Å². The number of rotatable bonds is 22. The summed E-state index contributed by atoms with van der Waals surface area (Å²) < 4.78 is 10.2. The number of hydrogen-bond donors (Lipinski definition) is 5. The molecule has 2 aromatic heterocycles. The molecule has 3 saturated heterocycles. The molecule has 0 aliphatic carbocycles. The van der Waals surface area contributed by atoms with Gasteiger partial charge >= 0.3 is 0 Å². The van der Waals surface area contributed by atoms with Crippen LogP contribution in [0.3, 0.4) is 0 Å². The number of ketones is 1. The number of piperidine rings is 2. The normalized spacial score (nSPS) is 17.1. The summed E-state index contributed by atoms with van der Waals surface area (Å²) in [7, 11) is 3.32. The van der Waals surface area contributed by atoms with Crippen LogP contribution in [0.25, 0.3) is 0 Å². The van der Waals surface area contributed by atoms with Crippen molar-refractivity contribution in [3.8, 4) is 0 Å². The number of nitrogens with zero attached hydrogens (tertiary/aromatic N) is 4. The first kappa shape index (κ1) is 55.3. The number of benzene rings is 3. The van der Waals surface area contributed by atoms with E-state index in [1.165, 1.54) is 6.92 Å². The van der Waals surface area contributed by atoms with Crippen molar-refractivity contribution in [2.75, 3.05) is 50.3 Å². The molecule has 5 aromatic rings. The van der Waals surface area contributed by atoms with Gasteiger partial charge in [-0.3, -0.25) is 28.8 Å². The van der Waals surface area contributed by atoms with E-state index in [2.05, 4.69) is 35.7 Å². The first-order valence-corrected chi connectivity index (χ1v) is 26.0. The number of carbonyl (C=O) groups is 6. The number of hydrogen-bond acceptors (Lipinski definition) is 12. The Kier molecular flexibility index (Phi) is 20.0. The maximum Gasteiger partial charge on any atom is 0.253 e. The number of nitrogens with two attached hydrogens (primary N) is 2. The molecular weight excluding hydrogens is 951 g/mol. The second-order valence-corrected chi connectivity index (χ2v) is 19.6. The minimum absolute atomic E-state index is 0.00235. The second kappa shape index (κ2) is 27.2. The molecule has 3 aliphatic heterocycles. The van der Waals surface area contributed by atoms with E-state index in [1.54, 1.807) is 69.1 Å².